The van der Waals surface area contributed by atoms with Gasteiger partial charge in [0.05, 0.1) is 18.2 Å². The van der Waals surface area contributed by atoms with Crippen molar-refractivity contribution in [2.24, 2.45) is 0 Å². The Morgan fingerprint density at radius 2 is 1.82 bits per heavy atom. The van der Waals surface area contributed by atoms with Gasteiger partial charge in [-0.2, -0.15) is 0 Å². The number of aryl methyl sites for hydroxylation is 1. The number of phenolic OH excluding ortho intramolecular Hbond substituents is 1. The van der Waals surface area contributed by atoms with Crippen LogP contribution in [0.5, 0.6) is 17.2 Å². The van der Waals surface area contributed by atoms with Gasteiger partial charge in [0.2, 0.25) is 0 Å². The molecule has 0 aliphatic carbocycles. The molecule has 0 radical (unpaired) electrons. The molecule has 0 spiro atoms. The van der Waals surface area contributed by atoms with E-state index in [1.165, 1.54) is 19.2 Å². The molecule has 0 unspecified atom stereocenters. The van der Waals surface area contributed by atoms with Gasteiger partial charge in [0.15, 0.2) is 11.5 Å². The summed E-state index contributed by atoms with van der Waals surface area (Å²) < 4.78 is 25.7. The van der Waals surface area contributed by atoms with Crippen molar-refractivity contribution in [3.8, 4) is 28.4 Å². The molecule has 0 saturated heterocycles. The summed E-state index contributed by atoms with van der Waals surface area (Å²) in [6, 6.07) is 12.1. The zero-order chi connectivity index (χ0) is 23.5. The lowest BCUT2D eigenvalue weighted by molar-refractivity contribution is 0.371. The number of fused-ring (bicyclic) bond motifs is 5. The number of rotatable bonds is 2. The Balaban J connectivity index is 1.84. The fraction of sp³-hybridized carbons (Fsp3) is 0.214. The minimum atomic E-state index is -0.271. The normalized spacial score (nSPS) is 16.7. The van der Waals surface area contributed by atoms with E-state index in [1.807, 2.05) is 19.1 Å². The average Bonchev–Trinajstić information content (AvgIpc) is 2.74. The van der Waals surface area contributed by atoms with E-state index in [2.05, 4.69) is 38.2 Å². The van der Waals surface area contributed by atoms with Crippen molar-refractivity contribution >= 4 is 23.1 Å². The summed E-state index contributed by atoms with van der Waals surface area (Å²) >= 11 is 0. The molecule has 5 heteroatoms. The number of ether oxygens (including phenoxy) is 2. The lowest BCUT2D eigenvalue weighted by Gasteiger charge is -2.35. The quantitative estimate of drug-likeness (QED) is 0.447. The second kappa shape index (κ2) is 7.41. The lowest BCUT2D eigenvalue weighted by Crippen LogP contribution is -2.32. The predicted octanol–water partition coefficient (Wildman–Crippen LogP) is 7.01. The fourth-order valence-corrected chi connectivity index (χ4v) is 4.89. The van der Waals surface area contributed by atoms with E-state index >= 15 is 0 Å². The van der Waals surface area contributed by atoms with E-state index in [-0.39, 0.29) is 17.1 Å². The predicted molar refractivity (Wildman–Crippen MR) is 131 cm³/mol. The van der Waals surface area contributed by atoms with Gasteiger partial charge in [-0.15, -0.1) is 0 Å². The van der Waals surface area contributed by atoms with Crippen molar-refractivity contribution < 1.29 is 19.0 Å². The zero-order valence-electron chi connectivity index (χ0n) is 19.3. The molecule has 5 rings (SSSR count). The molecule has 33 heavy (non-hydrogen) atoms. The smallest absolute Gasteiger partial charge is 0.172 e. The third-order valence-corrected chi connectivity index (χ3v) is 6.19. The number of hydrogen-bond acceptors (Lipinski definition) is 4. The van der Waals surface area contributed by atoms with Crippen molar-refractivity contribution in [1.29, 1.82) is 0 Å². The minimum absolute atomic E-state index is 0.0526. The second-order valence-corrected chi connectivity index (χ2v) is 9.19. The second-order valence-electron chi connectivity index (χ2n) is 9.19. The van der Waals surface area contributed by atoms with E-state index in [4.69, 9.17) is 9.47 Å². The number of benzene rings is 3. The molecule has 2 heterocycles. The Morgan fingerprint density at radius 3 is 2.55 bits per heavy atom. The maximum absolute atomic E-state index is 13.7. The number of nitrogens with one attached hydrogen (secondary N) is 1. The van der Waals surface area contributed by atoms with Crippen molar-refractivity contribution in [3.05, 3.63) is 76.6 Å². The molecule has 3 aromatic carbocycles. The van der Waals surface area contributed by atoms with Crippen LogP contribution in [0.15, 0.2) is 48.5 Å². The Labute approximate surface area is 193 Å². The molecule has 2 aliphatic heterocycles. The Hall–Kier alpha value is -3.73. The van der Waals surface area contributed by atoms with Crippen LogP contribution < -0.4 is 14.8 Å². The molecule has 0 amide bonds. The van der Waals surface area contributed by atoms with Crippen molar-refractivity contribution in [3.63, 3.8) is 0 Å². The molecule has 4 nitrogen and oxygen atoms in total. The maximum Gasteiger partial charge on any atom is 0.172 e. The average molecular weight is 444 g/mol. The standard InChI is InChI=1S/C28H26FNO3/c1-15-12-18(29)7-6-17(15)13-23-25-19(26-22(33-23)11-10-21(31)27(26)32-5)8-9-20-24(25)16(2)14-28(3,4)30-20/h6-14,30-31H,1-5H3/b23-13-. The van der Waals surface area contributed by atoms with E-state index in [0.29, 0.717) is 22.8 Å². The molecule has 168 valence electrons. The van der Waals surface area contributed by atoms with Crippen LogP contribution in [0.2, 0.25) is 0 Å². The van der Waals surface area contributed by atoms with Crippen LogP contribution >= 0.6 is 0 Å². The van der Waals surface area contributed by atoms with E-state index in [0.717, 1.165) is 39.1 Å². The van der Waals surface area contributed by atoms with Gasteiger partial charge in [-0.1, -0.05) is 18.2 Å². The van der Waals surface area contributed by atoms with Gasteiger partial charge in [-0.3, -0.25) is 0 Å². The third-order valence-electron chi connectivity index (χ3n) is 6.19. The van der Waals surface area contributed by atoms with Crippen LogP contribution in [0.3, 0.4) is 0 Å². The Kier molecular flexibility index (Phi) is 4.74. The van der Waals surface area contributed by atoms with Crippen LogP contribution in [-0.4, -0.2) is 17.8 Å². The fourth-order valence-electron chi connectivity index (χ4n) is 4.89. The summed E-state index contributed by atoms with van der Waals surface area (Å²) in [5.74, 6) is 1.40. The van der Waals surface area contributed by atoms with Gasteiger partial charge >= 0.3 is 0 Å². The topological polar surface area (TPSA) is 50.7 Å². The molecule has 2 N–H and O–H groups in total. The number of allylic oxidation sites excluding steroid dienone is 1. The molecule has 2 aliphatic rings. The van der Waals surface area contributed by atoms with Crippen LogP contribution in [0.25, 0.3) is 28.5 Å². The summed E-state index contributed by atoms with van der Waals surface area (Å²) in [5, 5.41) is 14.1. The summed E-state index contributed by atoms with van der Waals surface area (Å²) in [5.41, 5.74) is 7.19. The molecular weight excluding hydrogens is 417 g/mol. The maximum atomic E-state index is 13.7. The minimum Gasteiger partial charge on any atom is -0.504 e. The molecule has 0 atom stereocenters. The van der Waals surface area contributed by atoms with E-state index < -0.39 is 0 Å². The number of phenols is 1. The lowest BCUT2D eigenvalue weighted by atomic mass is 9.82. The highest BCUT2D eigenvalue weighted by molar-refractivity contribution is 6.02. The van der Waals surface area contributed by atoms with Gasteiger partial charge < -0.3 is 19.9 Å². The molecular formula is C28H26FNO3. The van der Waals surface area contributed by atoms with Crippen LogP contribution in [0, 0.1) is 12.7 Å². The summed E-state index contributed by atoms with van der Waals surface area (Å²) in [6.07, 6.45) is 4.15. The number of methoxy groups -OCH3 is 1. The van der Waals surface area contributed by atoms with Gasteiger partial charge in [-0.05, 0) is 80.8 Å². The first-order chi connectivity index (χ1) is 15.7. The summed E-state index contributed by atoms with van der Waals surface area (Å²) in [7, 11) is 1.54. The highest BCUT2D eigenvalue weighted by Gasteiger charge is 2.33. The summed E-state index contributed by atoms with van der Waals surface area (Å²) in [6.45, 7) is 8.23. The van der Waals surface area contributed by atoms with Gasteiger partial charge in [0.25, 0.3) is 0 Å². The Bertz CT molecular complexity index is 1370. The largest absolute Gasteiger partial charge is 0.504 e. The molecule has 0 fully saturated rings. The van der Waals surface area contributed by atoms with Crippen LogP contribution in [-0.2, 0) is 0 Å². The molecule has 3 aromatic rings. The van der Waals surface area contributed by atoms with E-state index in [9.17, 15) is 9.50 Å². The first-order valence-electron chi connectivity index (χ1n) is 10.9. The van der Waals surface area contributed by atoms with Crippen LogP contribution in [0.4, 0.5) is 10.1 Å². The SMILES string of the molecule is COc1c(O)ccc2c1-c1ccc3c(c1/C(=C/c1ccc(F)cc1C)O2)C(C)=CC(C)(C)N3. The van der Waals surface area contributed by atoms with Gasteiger partial charge in [0.1, 0.15) is 17.3 Å². The number of hydrogen-bond donors (Lipinski definition) is 2. The molecule has 0 saturated carbocycles. The van der Waals surface area contributed by atoms with Crippen molar-refractivity contribution in [2.45, 2.75) is 33.2 Å². The van der Waals surface area contributed by atoms with Crippen molar-refractivity contribution in [2.75, 3.05) is 12.4 Å². The van der Waals surface area contributed by atoms with Crippen molar-refractivity contribution in [1.82, 2.24) is 0 Å². The highest BCUT2D eigenvalue weighted by Crippen LogP contribution is 2.54. The number of aromatic hydroxyl groups is 1. The number of anilines is 1. The monoisotopic (exact) mass is 443 g/mol. The summed E-state index contributed by atoms with van der Waals surface area (Å²) in [4.78, 5) is 0. The zero-order valence-corrected chi connectivity index (χ0v) is 19.3. The van der Waals surface area contributed by atoms with Gasteiger partial charge in [-0.25, -0.2) is 4.39 Å². The Morgan fingerprint density at radius 1 is 1.03 bits per heavy atom. The molecule has 0 bridgehead atoms. The van der Waals surface area contributed by atoms with E-state index in [1.54, 1.807) is 18.2 Å². The number of halogens is 1. The molecule has 0 aromatic heterocycles. The third kappa shape index (κ3) is 3.44. The van der Waals surface area contributed by atoms with Gasteiger partial charge in [0, 0.05) is 22.4 Å². The first-order valence-corrected chi connectivity index (χ1v) is 10.9. The first kappa shape index (κ1) is 21.1. The van der Waals surface area contributed by atoms with Crippen LogP contribution in [0.1, 0.15) is 43.0 Å². The highest BCUT2D eigenvalue weighted by atomic mass is 19.1.